The Morgan fingerprint density at radius 2 is 1.70 bits per heavy atom. The van der Waals surface area contributed by atoms with Gasteiger partial charge in [0.1, 0.15) is 16.7 Å². The highest BCUT2D eigenvalue weighted by molar-refractivity contribution is 5.91. The van der Waals surface area contributed by atoms with Crippen molar-refractivity contribution in [2.45, 2.75) is 78.2 Å². The molecule has 0 aliphatic carbocycles. The summed E-state index contributed by atoms with van der Waals surface area (Å²) in [7, 11) is 0. The second-order valence-corrected chi connectivity index (χ2v) is 7.19. The molecule has 0 aliphatic heterocycles. The first-order valence-electron chi connectivity index (χ1n) is 10.1. The number of aromatic hydroxyl groups is 1. The fourth-order valence-corrected chi connectivity index (χ4v) is 3.06. The van der Waals surface area contributed by atoms with Crippen molar-refractivity contribution in [1.82, 2.24) is 0 Å². The molecule has 2 rings (SSSR count). The van der Waals surface area contributed by atoms with Gasteiger partial charge in [0, 0.05) is 0 Å². The van der Waals surface area contributed by atoms with Gasteiger partial charge in [-0.3, -0.25) is 0 Å². The Morgan fingerprint density at radius 1 is 1.04 bits per heavy atom. The van der Waals surface area contributed by atoms with Crippen LogP contribution in [-0.4, -0.2) is 17.8 Å². The standard InChI is InChI=1S/C22H32O5/c1-4-5-6-7-8-9-10-11-15-25-17-13-12-14-18-19(17)20(23)21(22(24)27-18)26-16(2)3/h12-14,16,23H,4-11,15H2,1-3H3. The quantitative estimate of drug-likeness (QED) is 0.374. The number of ether oxygens (including phenoxy) is 2. The molecule has 0 saturated heterocycles. The van der Waals surface area contributed by atoms with Gasteiger partial charge in [0.05, 0.1) is 12.7 Å². The Morgan fingerprint density at radius 3 is 2.37 bits per heavy atom. The van der Waals surface area contributed by atoms with E-state index < -0.39 is 5.63 Å². The second-order valence-electron chi connectivity index (χ2n) is 7.19. The van der Waals surface area contributed by atoms with Gasteiger partial charge in [-0.15, -0.1) is 0 Å². The molecule has 5 heteroatoms. The monoisotopic (exact) mass is 376 g/mol. The van der Waals surface area contributed by atoms with Gasteiger partial charge in [0.2, 0.25) is 5.75 Å². The minimum atomic E-state index is -0.686. The molecule has 2 aromatic rings. The fraction of sp³-hybridized carbons (Fsp3) is 0.591. The van der Waals surface area contributed by atoms with Crippen LogP contribution in [0.1, 0.15) is 72.1 Å². The van der Waals surface area contributed by atoms with E-state index in [4.69, 9.17) is 13.9 Å². The Hall–Kier alpha value is -2.17. The van der Waals surface area contributed by atoms with E-state index >= 15 is 0 Å². The number of rotatable bonds is 12. The third-order valence-corrected chi connectivity index (χ3v) is 4.44. The molecule has 150 valence electrons. The van der Waals surface area contributed by atoms with E-state index in [1.54, 1.807) is 32.0 Å². The van der Waals surface area contributed by atoms with Crippen LogP contribution in [0.15, 0.2) is 27.4 Å². The molecule has 0 atom stereocenters. The highest BCUT2D eigenvalue weighted by Crippen LogP contribution is 2.38. The molecule has 1 aromatic carbocycles. The minimum absolute atomic E-state index is 0.166. The molecule has 1 N–H and O–H groups in total. The Labute approximate surface area is 161 Å². The van der Waals surface area contributed by atoms with Crippen molar-refractivity contribution in [1.29, 1.82) is 0 Å². The summed E-state index contributed by atoms with van der Waals surface area (Å²) in [6.45, 7) is 6.36. The molecule has 0 radical (unpaired) electrons. The van der Waals surface area contributed by atoms with Crippen molar-refractivity contribution in [3.8, 4) is 17.2 Å². The smallest absolute Gasteiger partial charge is 0.383 e. The maximum Gasteiger partial charge on any atom is 0.383 e. The lowest BCUT2D eigenvalue weighted by molar-refractivity contribution is 0.221. The van der Waals surface area contributed by atoms with Gasteiger partial charge in [-0.1, -0.05) is 57.9 Å². The molecule has 5 nitrogen and oxygen atoms in total. The average molecular weight is 376 g/mol. The molecule has 27 heavy (non-hydrogen) atoms. The van der Waals surface area contributed by atoms with Crippen molar-refractivity contribution >= 4 is 11.0 Å². The summed E-state index contributed by atoms with van der Waals surface area (Å²) in [6.07, 6.45) is 9.56. The van der Waals surface area contributed by atoms with Crippen molar-refractivity contribution in [3.63, 3.8) is 0 Å². The summed E-state index contributed by atoms with van der Waals surface area (Å²) in [5.74, 6) is 0.118. The van der Waals surface area contributed by atoms with Crippen LogP contribution in [0.5, 0.6) is 17.2 Å². The first-order chi connectivity index (χ1) is 13.0. The van der Waals surface area contributed by atoms with Crippen molar-refractivity contribution in [2.24, 2.45) is 0 Å². The van der Waals surface area contributed by atoms with Crippen LogP contribution in [0.2, 0.25) is 0 Å². The third-order valence-electron chi connectivity index (χ3n) is 4.44. The lowest BCUT2D eigenvalue weighted by Crippen LogP contribution is -2.13. The second kappa shape index (κ2) is 10.9. The van der Waals surface area contributed by atoms with Gasteiger partial charge in [-0.05, 0) is 32.4 Å². The maximum absolute atomic E-state index is 12.0. The molecule has 0 bridgehead atoms. The van der Waals surface area contributed by atoms with Crippen LogP contribution in [-0.2, 0) is 0 Å². The number of benzene rings is 1. The Bertz CT molecular complexity index is 763. The predicted molar refractivity (Wildman–Crippen MR) is 108 cm³/mol. The fourth-order valence-electron chi connectivity index (χ4n) is 3.06. The largest absolute Gasteiger partial charge is 0.503 e. The van der Waals surface area contributed by atoms with Gasteiger partial charge in [0.15, 0.2) is 5.75 Å². The number of hydrogen-bond acceptors (Lipinski definition) is 5. The van der Waals surface area contributed by atoms with E-state index in [2.05, 4.69) is 6.92 Å². The van der Waals surface area contributed by atoms with E-state index in [1.165, 1.54) is 38.5 Å². The van der Waals surface area contributed by atoms with Gasteiger partial charge < -0.3 is 19.0 Å². The first-order valence-corrected chi connectivity index (χ1v) is 10.1. The van der Waals surface area contributed by atoms with Gasteiger partial charge in [-0.2, -0.15) is 0 Å². The molecule has 1 heterocycles. The molecule has 0 spiro atoms. The lowest BCUT2D eigenvalue weighted by atomic mass is 10.1. The Balaban J connectivity index is 1.97. The van der Waals surface area contributed by atoms with E-state index in [9.17, 15) is 9.90 Å². The summed E-state index contributed by atoms with van der Waals surface area (Å²) in [5.41, 5.74) is -0.393. The normalized spacial score (nSPS) is 11.3. The van der Waals surface area contributed by atoms with E-state index in [-0.39, 0.29) is 17.6 Å². The number of unbranched alkanes of at least 4 members (excludes halogenated alkanes) is 7. The maximum atomic E-state index is 12.0. The molecule has 0 unspecified atom stereocenters. The first kappa shape index (κ1) is 21.1. The molecule has 0 aliphatic rings. The molecular weight excluding hydrogens is 344 g/mol. The predicted octanol–water partition coefficient (Wildman–Crippen LogP) is 5.81. The zero-order chi connectivity index (χ0) is 19.6. The zero-order valence-corrected chi connectivity index (χ0v) is 16.8. The average Bonchev–Trinajstić information content (AvgIpc) is 2.63. The topological polar surface area (TPSA) is 68.9 Å². The highest BCUT2D eigenvalue weighted by Gasteiger charge is 2.19. The van der Waals surface area contributed by atoms with Crippen molar-refractivity contribution in [3.05, 3.63) is 28.6 Å². The zero-order valence-electron chi connectivity index (χ0n) is 16.8. The third kappa shape index (κ3) is 6.19. The Kier molecular flexibility index (Phi) is 8.49. The van der Waals surface area contributed by atoms with Crippen LogP contribution >= 0.6 is 0 Å². The molecule has 1 aromatic heterocycles. The number of hydrogen-bond donors (Lipinski definition) is 1. The van der Waals surface area contributed by atoms with Gasteiger partial charge in [0.25, 0.3) is 0 Å². The molecule has 0 fully saturated rings. The van der Waals surface area contributed by atoms with Crippen LogP contribution in [0.4, 0.5) is 0 Å². The van der Waals surface area contributed by atoms with Crippen molar-refractivity contribution < 1.29 is 19.0 Å². The minimum Gasteiger partial charge on any atom is -0.503 e. The van der Waals surface area contributed by atoms with E-state index in [1.807, 2.05) is 0 Å². The summed E-state index contributed by atoms with van der Waals surface area (Å²) in [6, 6.07) is 5.15. The van der Waals surface area contributed by atoms with E-state index in [0.29, 0.717) is 23.3 Å². The van der Waals surface area contributed by atoms with Crippen LogP contribution < -0.4 is 15.1 Å². The molecular formula is C22H32O5. The highest BCUT2D eigenvalue weighted by atomic mass is 16.5. The van der Waals surface area contributed by atoms with Crippen LogP contribution in [0.3, 0.4) is 0 Å². The van der Waals surface area contributed by atoms with E-state index in [0.717, 1.165) is 12.8 Å². The molecule has 0 saturated carbocycles. The van der Waals surface area contributed by atoms with Crippen LogP contribution in [0, 0.1) is 0 Å². The lowest BCUT2D eigenvalue weighted by Gasteiger charge is -2.13. The summed E-state index contributed by atoms with van der Waals surface area (Å²) in [4.78, 5) is 12.0. The molecule has 0 amide bonds. The summed E-state index contributed by atoms with van der Waals surface area (Å²) in [5, 5.41) is 10.9. The van der Waals surface area contributed by atoms with Crippen LogP contribution in [0.25, 0.3) is 11.0 Å². The van der Waals surface area contributed by atoms with Crippen molar-refractivity contribution in [2.75, 3.05) is 6.61 Å². The van der Waals surface area contributed by atoms with Gasteiger partial charge >= 0.3 is 5.63 Å². The summed E-state index contributed by atoms with van der Waals surface area (Å²) < 4.78 is 16.6. The SMILES string of the molecule is CCCCCCCCCCOc1cccc2oc(=O)c(OC(C)C)c(O)c12. The number of fused-ring (bicyclic) bond motifs is 1. The van der Waals surface area contributed by atoms with Gasteiger partial charge in [-0.25, -0.2) is 4.79 Å². The summed E-state index contributed by atoms with van der Waals surface area (Å²) >= 11 is 0.